The minimum atomic E-state index is -3.07. The van der Waals surface area contributed by atoms with E-state index < -0.39 is 12.5 Å². The Kier molecular flexibility index (Phi) is 5.37. The maximum Gasteiger partial charge on any atom is 0.387 e. The van der Waals surface area contributed by atoms with Gasteiger partial charge in [-0.15, -0.1) is 0 Å². The molecule has 0 unspecified atom stereocenters. The second kappa shape index (κ2) is 7.84. The molecule has 0 saturated carbocycles. The van der Waals surface area contributed by atoms with Crippen LogP contribution in [0, 0.1) is 5.41 Å². The maximum absolute atomic E-state index is 12.8. The molecule has 11 heteroatoms. The standard InChI is InChI=1S/C19H20ClF2N5O3/c20-11-1-2-14(30-18(21)22)12(5-11)16-13(17(23)29)6-27(25-16)7-15(28)26-9-19(10-26)3-4-24-8-19/h1-2,5-6,18,24H,3-4,7-10H2,(H2,23,29). The SMILES string of the molecule is NC(=O)c1cn(CC(=O)N2CC3(CCNC3)C2)nc1-c1cc(Cl)ccc1OC(F)F. The molecule has 2 fully saturated rings. The van der Waals surface area contributed by atoms with Crippen molar-refractivity contribution in [3.05, 3.63) is 35.0 Å². The van der Waals surface area contributed by atoms with Crippen molar-refractivity contribution in [2.45, 2.75) is 19.6 Å². The number of hydrogen-bond donors (Lipinski definition) is 2. The topological polar surface area (TPSA) is 102 Å². The van der Waals surface area contributed by atoms with Crippen molar-refractivity contribution in [2.75, 3.05) is 26.2 Å². The highest BCUT2D eigenvalue weighted by Gasteiger charge is 2.46. The molecule has 2 aliphatic rings. The highest BCUT2D eigenvalue weighted by atomic mass is 35.5. The Bertz CT molecular complexity index is 983. The van der Waals surface area contributed by atoms with Crippen LogP contribution in [0.5, 0.6) is 5.75 Å². The number of nitrogens with two attached hydrogens (primary N) is 1. The van der Waals surface area contributed by atoms with Gasteiger partial charge in [0, 0.05) is 41.8 Å². The summed E-state index contributed by atoms with van der Waals surface area (Å²) >= 11 is 5.99. The molecule has 160 valence electrons. The van der Waals surface area contributed by atoms with Gasteiger partial charge in [0.25, 0.3) is 5.91 Å². The fourth-order valence-electron chi connectivity index (χ4n) is 4.01. The van der Waals surface area contributed by atoms with E-state index in [1.807, 2.05) is 0 Å². The Hall–Kier alpha value is -2.72. The Labute approximate surface area is 175 Å². The van der Waals surface area contributed by atoms with Gasteiger partial charge in [0.15, 0.2) is 0 Å². The number of nitrogens with one attached hydrogen (secondary N) is 1. The first-order valence-electron chi connectivity index (χ1n) is 9.37. The Morgan fingerprint density at radius 2 is 2.13 bits per heavy atom. The number of likely N-dealkylation sites (tertiary alicyclic amines) is 1. The Morgan fingerprint density at radius 3 is 2.77 bits per heavy atom. The quantitative estimate of drug-likeness (QED) is 0.713. The van der Waals surface area contributed by atoms with Crippen LogP contribution in [0.3, 0.4) is 0 Å². The number of nitrogens with zero attached hydrogens (tertiary/aromatic N) is 3. The van der Waals surface area contributed by atoms with E-state index in [9.17, 15) is 18.4 Å². The van der Waals surface area contributed by atoms with E-state index in [1.165, 1.54) is 29.1 Å². The molecule has 1 spiro atoms. The molecule has 2 aromatic rings. The maximum atomic E-state index is 12.8. The number of alkyl halides is 2. The Balaban J connectivity index is 1.58. The zero-order valence-electron chi connectivity index (χ0n) is 15.9. The average Bonchev–Trinajstić information content (AvgIpc) is 3.29. The summed E-state index contributed by atoms with van der Waals surface area (Å²) in [6, 6.07) is 3.99. The monoisotopic (exact) mass is 439 g/mol. The summed E-state index contributed by atoms with van der Waals surface area (Å²) in [4.78, 5) is 26.3. The predicted molar refractivity (Wildman–Crippen MR) is 104 cm³/mol. The van der Waals surface area contributed by atoms with E-state index in [-0.39, 0.29) is 45.5 Å². The highest BCUT2D eigenvalue weighted by Crippen LogP contribution is 2.37. The number of hydrogen-bond acceptors (Lipinski definition) is 5. The molecule has 0 radical (unpaired) electrons. The zero-order chi connectivity index (χ0) is 21.5. The van der Waals surface area contributed by atoms with Crippen LogP contribution >= 0.6 is 11.6 Å². The predicted octanol–water partition coefficient (Wildman–Crippen LogP) is 1.73. The fourth-order valence-corrected chi connectivity index (χ4v) is 4.18. The molecule has 3 heterocycles. The molecule has 3 N–H and O–H groups in total. The number of carbonyl (C=O) groups excluding carboxylic acids is 2. The summed E-state index contributed by atoms with van der Waals surface area (Å²) in [6.45, 7) is 0.0299. The molecular formula is C19H20ClF2N5O3. The summed E-state index contributed by atoms with van der Waals surface area (Å²) in [5, 5.41) is 7.80. The molecule has 1 aromatic heterocycles. The van der Waals surface area contributed by atoms with Gasteiger partial charge in [-0.1, -0.05) is 11.6 Å². The van der Waals surface area contributed by atoms with Crippen LogP contribution in [0.4, 0.5) is 8.78 Å². The number of carbonyl (C=O) groups is 2. The molecule has 4 rings (SSSR count). The van der Waals surface area contributed by atoms with Crippen molar-refractivity contribution in [1.29, 1.82) is 0 Å². The number of halogens is 3. The van der Waals surface area contributed by atoms with E-state index in [4.69, 9.17) is 17.3 Å². The van der Waals surface area contributed by atoms with Gasteiger partial charge in [0.1, 0.15) is 18.0 Å². The van der Waals surface area contributed by atoms with Crippen LogP contribution in [0.25, 0.3) is 11.3 Å². The van der Waals surface area contributed by atoms with Crippen LogP contribution in [-0.2, 0) is 11.3 Å². The number of amides is 2. The minimum Gasteiger partial charge on any atom is -0.434 e. The lowest BCUT2D eigenvalue weighted by Gasteiger charge is -2.47. The Morgan fingerprint density at radius 1 is 1.37 bits per heavy atom. The lowest BCUT2D eigenvalue weighted by molar-refractivity contribution is -0.143. The van der Waals surface area contributed by atoms with Crippen LogP contribution in [0.2, 0.25) is 5.02 Å². The first-order chi connectivity index (χ1) is 14.3. The lowest BCUT2D eigenvalue weighted by atomic mass is 9.79. The van der Waals surface area contributed by atoms with Crippen molar-refractivity contribution >= 4 is 23.4 Å². The van der Waals surface area contributed by atoms with Gasteiger partial charge in [0.2, 0.25) is 5.91 Å². The third kappa shape index (κ3) is 3.97. The second-order valence-electron chi connectivity index (χ2n) is 7.65. The first kappa shape index (κ1) is 20.5. The summed E-state index contributed by atoms with van der Waals surface area (Å²) in [5.41, 5.74) is 5.69. The van der Waals surface area contributed by atoms with Gasteiger partial charge in [-0.3, -0.25) is 14.3 Å². The fraction of sp³-hybridized carbons (Fsp3) is 0.421. The third-order valence-electron chi connectivity index (χ3n) is 5.47. The van der Waals surface area contributed by atoms with E-state index in [1.54, 1.807) is 4.90 Å². The number of benzene rings is 1. The van der Waals surface area contributed by atoms with Crippen molar-refractivity contribution in [1.82, 2.24) is 20.0 Å². The number of ether oxygens (including phenoxy) is 1. The number of rotatable bonds is 6. The van der Waals surface area contributed by atoms with Gasteiger partial charge in [-0.05, 0) is 31.2 Å². The van der Waals surface area contributed by atoms with E-state index in [2.05, 4.69) is 15.2 Å². The van der Waals surface area contributed by atoms with Crippen molar-refractivity contribution < 1.29 is 23.1 Å². The molecule has 0 aliphatic carbocycles. The summed E-state index contributed by atoms with van der Waals surface area (Å²) in [6.07, 6.45) is 2.37. The normalized spacial score (nSPS) is 17.4. The van der Waals surface area contributed by atoms with Gasteiger partial charge in [-0.25, -0.2) is 0 Å². The van der Waals surface area contributed by atoms with Crippen molar-refractivity contribution in [3.63, 3.8) is 0 Å². The van der Waals surface area contributed by atoms with Crippen LogP contribution in [0.1, 0.15) is 16.8 Å². The van der Waals surface area contributed by atoms with Crippen molar-refractivity contribution in [2.24, 2.45) is 11.1 Å². The molecule has 1 aromatic carbocycles. The van der Waals surface area contributed by atoms with Crippen LogP contribution in [-0.4, -0.2) is 59.3 Å². The van der Waals surface area contributed by atoms with Crippen molar-refractivity contribution in [3.8, 4) is 17.0 Å². The molecule has 0 bridgehead atoms. The molecule has 0 atom stereocenters. The molecule has 2 saturated heterocycles. The largest absolute Gasteiger partial charge is 0.434 e. The number of aromatic nitrogens is 2. The highest BCUT2D eigenvalue weighted by molar-refractivity contribution is 6.31. The third-order valence-corrected chi connectivity index (χ3v) is 5.71. The smallest absolute Gasteiger partial charge is 0.387 e. The van der Waals surface area contributed by atoms with Gasteiger partial charge in [0.05, 0.1) is 5.56 Å². The van der Waals surface area contributed by atoms with Gasteiger partial charge < -0.3 is 20.7 Å². The van der Waals surface area contributed by atoms with Gasteiger partial charge >= 0.3 is 6.61 Å². The first-order valence-corrected chi connectivity index (χ1v) is 9.75. The zero-order valence-corrected chi connectivity index (χ0v) is 16.7. The van der Waals surface area contributed by atoms with Crippen LogP contribution < -0.4 is 15.8 Å². The van der Waals surface area contributed by atoms with E-state index in [0.29, 0.717) is 13.1 Å². The molecule has 8 nitrogen and oxygen atoms in total. The van der Waals surface area contributed by atoms with E-state index in [0.717, 1.165) is 19.5 Å². The molecule has 2 amide bonds. The van der Waals surface area contributed by atoms with Gasteiger partial charge in [-0.2, -0.15) is 13.9 Å². The number of primary amides is 1. The minimum absolute atomic E-state index is 0.0218. The molecule has 30 heavy (non-hydrogen) atoms. The summed E-state index contributed by atoms with van der Waals surface area (Å²) in [5.74, 6) is -1.16. The van der Waals surface area contributed by atoms with E-state index >= 15 is 0 Å². The van der Waals surface area contributed by atoms with Crippen LogP contribution in [0.15, 0.2) is 24.4 Å². The average molecular weight is 440 g/mol. The molecular weight excluding hydrogens is 420 g/mol. The second-order valence-corrected chi connectivity index (χ2v) is 8.09. The lowest BCUT2D eigenvalue weighted by Crippen LogP contribution is -2.60. The molecule has 2 aliphatic heterocycles. The summed E-state index contributed by atoms with van der Waals surface area (Å²) < 4.78 is 31.4. The summed E-state index contributed by atoms with van der Waals surface area (Å²) in [7, 11) is 0.